The first-order chi connectivity index (χ1) is 10.9. The number of carbonyl (C=O) groups is 3. The minimum Gasteiger partial charge on any atom is -0.480 e. The van der Waals surface area contributed by atoms with Gasteiger partial charge in [0, 0.05) is 12.1 Å². The molecule has 3 N–H and O–H groups in total. The van der Waals surface area contributed by atoms with Crippen LogP contribution < -0.4 is 10.6 Å². The first-order valence-electron chi connectivity index (χ1n) is 7.40. The maximum Gasteiger partial charge on any atom is 0.328 e. The van der Waals surface area contributed by atoms with Crippen molar-refractivity contribution in [3.05, 3.63) is 30.3 Å². The maximum absolute atomic E-state index is 12.5. The van der Waals surface area contributed by atoms with E-state index in [-0.39, 0.29) is 25.4 Å². The second-order valence-corrected chi connectivity index (χ2v) is 5.01. The van der Waals surface area contributed by atoms with Gasteiger partial charge in [0.2, 0.25) is 5.91 Å². The Hall–Kier alpha value is -2.41. The number of carbonyl (C=O) groups excluding carboxylic acids is 2. The first-order valence-corrected chi connectivity index (χ1v) is 7.40. The second-order valence-electron chi connectivity index (χ2n) is 5.01. The number of nitrogens with two attached hydrogens (primary N) is 1. The Morgan fingerprint density at radius 3 is 2.39 bits per heavy atom. The molecular weight excluding hydrogens is 300 g/mol. The molecule has 0 radical (unpaired) electrons. The van der Waals surface area contributed by atoms with E-state index in [1.165, 1.54) is 4.90 Å². The van der Waals surface area contributed by atoms with E-state index in [0.717, 1.165) is 0 Å². The van der Waals surface area contributed by atoms with E-state index in [4.69, 9.17) is 15.6 Å². The van der Waals surface area contributed by atoms with Gasteiger partial charge in [0.25, 0.3) is 0 Å². The standard InChI is InChI=1S/C16H22N2O5/c1-3-23-16(22)11(2)18(12-7-5-4-6-8-12)14(19)10-9-13(17)15(20)21/h4-8,11,13H,3,9-10,17H2,1-2H3,(H,20,21). The molecule has 2 unspecified atom stereocenters. The molecule has 1 aromatic rings. The summed E-state index contributed by atoms with van der Waals surface area (Å²) >= 11 is 0. The largest absolute Gasteiger partial charge is 0.480 e. The summed E-state index contributed by atoms with van der Waals surface area (Å²) in [5.41, 5.74) is 5.97. The van der Waals surface area contributed by atoms with Gasteiger partial charge in [0.1, 0.15) is 12.1 Å². The number of carboxylic acids is 1. The monoisotopic (exact) mass is 322 g/mol. The molecule has 0 fully saturated rings. The smallest absolute Gasteiger partial charge is 0.328 e. The van der Waals surface area contributed by atoms with Crippen LogP contribution in [0.5, 0.6) is 0 Å². The maximum atomic E-state index is 12.5. The number of nitrogens with zero attached hydrogens (tertiary/aromatic N) is 1. The zero-order valence-corrected chi connectivity index (χ0v) is 13.3. The number of hydrogen-bond acceptors (Lipinski definition) is 5. The molecule has 1 amide bonds. The topological polar surface area (TPSA) is 110 Å². The number of ether oxygens (including phenoxy) is 1. The van der Waals surface area contributed by atoms with Crippen molar-refractivity contribution in [1.29, 1.82) is 0 Å². The van der Waals surface area contributed by atoms with Crippen molar-refractivity contribution >= 4 is 23.5 Å². The zero-order valence-electron chi connectivity index (χ0n) is 13.3. The Morgan fingerprint density at radius 1 is 1.26 bits per heavy atom. The van der Waals surface area contributed by atoms with Gasteiger partial charge in [-0.05, 0) is 32.4 Å². The Kier molecular flexibility index (Phi) is 7.21. The van der Waals surface area contributed by atoms with Crippen molar-refractivity contribution in [2.45, 2.75) is 38.8 Å². The van der Waals surface area contributed by atoms with Crippen molar-refractivity contribution in [2.24, 2.45) is 5.73 Å². The Balaban J connectivity index is 2.93. The van der Waals surface area contributed by atoms with E-state index in [1.807, 2.05) is 0 Å². The third-order valence-corrected chi connectivity index (χ3v) is 3.30. The molecule has 0 spiro atoms. The van der Waals surface area contributed by atoms with Crippen LogP contribution in [0.15, 0.2) is 30.3 Å². The molecule has 0 aliphatic heterocycles. The molecule has 0 saturated carbocycles. The normalized spacial score (nSPS) is 13.0. The van der Waals surface area contributed by atoms with Crippen LogP contribution in [0, 0.1) is 0 Å². The fraction of sp³-hybridized carbons (Fsp3) is 0.438. The number of hydrogen-bond donors (Lipinski definition) is 2. The summed E-state index contributed by atoms with van der Waals surface area (Å²) in [6, 6.07) is 6.75. The van der Waals surface area contributed by atoms with Gasteiger partial charge in [-0.2, -0.15) is 0 Å². The van der Waals surface area contributed by atoms with E-state index in [1.54, 1.807) is 44.2 Å². The summed E-state index contributed by atoms with van der Waals surface area (Å²) in [6.07, 6.45) is -0.0842. The van der Waals surface area contributed by atoms with Gasteiger partial charge in [-0.3, -0.25) is 14.5 Å². The van der Waals surface area contributed by atoms with Crippen LogP contribution in [0.2, 0.25) is 0 Å². The van der Waals surface area contributed by atoms with Crippen LogP contribution >= 0.6 is 0 Å². The molecular formula is C16H22N2O5. The fourth-order valence-electron chi connectivity index (χ4n) is 2.06. The highest BCUT2D eigenvalue weighted by Gasteiger charge is 2.28. The molecule has 7 nitrogen and oxygen atoms in total. The van der Waals surface area contributed by atoms with Crippen LogP contribution in [0.1, 0.15) is 26.7 Å². The zero-order chi connectivity index (χ0) is 17.4. The van der Waals surface area contributed by atoms with E-state index in [9.17, 15) is 14.4 Å². The molecule has 0 aliphatic carbocycles. The SMILES string of the molecule is CCOC(=O)C(C)N(C(=O)CCC(N)C(=O)O)c1ccccc1. The lowest BCUT2D eigenvalue weighted by Gasteiger charge is -2.28. The Labute approximate surface area is 135 Å². The Bertz CT molecular complexity index is 547. The molecule has 0 saturated heterocycles. The van der Waals surface area contributed by atoms with Gasteiger partial charge in [0.15, 0.2) is 0 Å². The van der Waals surface area contributed by atoms with E-state index >= 15 is 0 Å². The average Bonchev–Trinajstić information content (AvgIpc) is 2.53. The molecule has 0 bridgehead atoms. The summed E-state index contributed by atoms with van der Waals surface area (Å²) in [7, 11) is 0. The van der Waals surface area contributed by atoms with Crippen molar-refractivity contribution in [1.82, 2.24) is 0 Å². The van der Waals surface area contributed by atoms with Gasteiger partial charge in [-0.25, -0.2) is 4.79 Å². The highest BCUT2D eigenvalue weighted by Crippen LogP contribution is 2.19. The number of rotatable bonds is 8. The minimum atomic E-state index is -1.16. The van der Waals surface area contributed by atoms with Crippen LogP contribution in [0.3, 0.4) is 0 Å². The number of amides is 1. The molecule has 0 heterocycles. The second kappa shape index (κ2) is 8.89. The van der Waals surface area contributed by atoms with E-state index in [0.29, 0.717) is 5.69 Å². The van der Waals surface area contributed by atoms with Gasteiger partial charge in [0.05, 0.1) is 6.61 Å². The predicted molar refractivity (Wildman–Crippen MR) is 84.9 cm³/mol. The van der Waals surface area contributed by atoms with Crippen LogP contribution in [-0.4, -0.2) is 41.6 Å². The van der Waals surface area contributed by atoms with Gasteiger partial charge < -0.3 is 15.6 Å². The molecule has 0 aliphatic rings. The third kappa shape index (κ3) is 5.37. The summed E-state index contributed by atoms with van der Waals surface area (Å²) in [5, 5.41) is 8.79. The number of benzene rings is 1. The van der Waals surface area contributed by atoms with E-state index < -0.39 is 24.0 Å². The highest BCUT2D eigenvalue weighted by molar-refractivity contribution is 5.99. The summed E-state index contributed by atoms with van der Waals surface area (Å²) in [4.78, 5) is 36.5. The molecule has 7 heteroatoms. The lowest BCUT2D eigenvalue weighted by molar-refractivity contribution is -0.145. The fourth-order valence-corrected chi connectivity index (χ4v) is 2.06. The summed E-state index contributed by atoms with van der Waals surface area (Å²) < 4.78 is 4.97. The summed E-state index contributed by atoms with van der Waals surface area (Å²) in [5.74, 6) is -2.07. The number of anilines is 1. The van der Waals surface area contributed by atoms with Crippen LogP contribution in [0.4, 0.5) is 5.69 Å². The lowest BCUT2D eigenvalue weighted by atomic mass is 10.1. The van der Waals surface area contributed by atoms with Gasteiger partial charge >= 0.3 is 11.9 Å². The van der Waals surface area contributed by atoms with E-state index in [2.05, 4.69) is 0 Å². The number of aliphatic carboxylic acids is 1. The van der Waals surface area contributed by atoms with Crippen molar-refractivity contribution < 1.29 is 24.2 Å². The highest BCUT2D eigenvalue weighted by atomic mass is 16.5. The number of para-hydroxylation sites is 1. The Morgan fingerprint density at radius 2 is 1.87 bits per heavy atom. The predicted octanol–water partition coefficient (Wildman–Crippen LogP) is 1.16. The first kappa shape index (κ1) is 18.6. The summed E-state index contributed by atoms with van der Waals surface area (Å²) in [6.45, 7) is 3.47. The van der Waals surface area contributed by atoms with Crippen LogP contribution in [-0.2, 0) is 19.1 Å². The molecule has 0 aromatic heterocycles. The quantitative estimate of drug-likeness (QED) is 0.695. The number of carboxylic acid groups (broad SMARTS) is 1. The molecule has 126 valence electrons. The third-order valence-electron chi connectivity index (χ3n) is 3.30. The molecule has 23 heavy (non-hydrogen) atoms. The van der Waals surface area contributed by atoms with Gasteiger partial charge in [-0.15, -0.1) is 0 Å². The lowest BCUT2D eigenvalue weighted by Crippen LogP contribution is -2.45. The van der Waals surface area contributed by atoms with Crippen molar-refractivity contribution in [2.75, 3.05) is 11.5 Å². The number of esters is 1. The molecule has 2 atom stereocenters. The minimum absolute atomic E-state index is 0.00690. The van der Waals surface area contributed by atoms with Gasteiger partial charge in [-0.1, -0.05) is 18.2 Å². The van der Waals surface area contributed by atoms with Crippen LogP contribution in [0.25, 0.3) is 0 Å². The molecule has 1 rings (SSSR count). The van der Waals surface area contributed by atoms with Crippen molar-refractivity contribution in [3.8, 4) is 0 Å². The average molecular weight is 322 g/mol. The van der Waals surface area contributed by atoms with Crippen molar-refractivity contribution in [3.63, 3.8) is 0 Å². The molecule has 1 aromatic carbocycles.